The van der Waals surface area contributed by atoms with Crippen LogP contribution in [0, 0.1) is 5.41 Å². The summed E-state index contributed by atoms with van der Waals surface area (Å²) in [5, 5.41) is 3.71. The number of hydrogen-bond acceptors (Lipinski definition) is 1. The first-order valence-corrected chi connectivity index (χ1v) is 7.86. The molecule has 1 nitrogen and oxygen atoms in total. The summed E-state index contributed by atoms with van der Waals surface area (Å²) in [7, 11) is 0. The minimum Gasteiger partial charge on any atom is -0.313 e. The van der Waals surface area contributed by atoms with E-state index in [0.717, 1.165) is 6.54 Å². The quantitative estimate of drug-likeness (QED) is 0.388. The van der Waals surface area contributed by atoms with E-state index in [1.54, 1.807) is 0 Å². The standard InChI is InChI=1S/C17H35N/c1-6-8-9-10-11-12-13-14-16(17(3,4)5)18-15-7-2/h6,16,18H,1,7-15H2,2-5H3. The molecule has 1 N–H and O–H groups in total. The third-order valence-electron chi connectivity index (χ3n) is 3.59. The molecule has 1 unspecified atom stereocenters. The number of allylic oxidation sites excluding steroid dienone is 1. The van der Waals surface area contributed by atoms with E-state index in [0.29, 0.717) is 11.5 Å². The van der Waals surface area contributed by atoms with Crippen molar-refractivity contribution in [3.63, 3.8) is 0 Å². The predicted octanol–water partition coefficient (Wildman–Crippen LogP) is 5.32. The van der Waals surface area contributed by atoms with Crippen molar-refractivity contribution in [1.29, 1.82) is 0 Å². The van der Waals surface area contributed by atoms with E-state index in [4.69, 9.17) is 0 Å². The summed E-state index contributed by atoms with van der Waals surface area (Å²) < 4.78 is 0. The number of unbranched alkanes of at least 4 members (excludes halogenated alkanes) is 5. The maximum atomic E-state index is 3.77. The van der Waals surface area contributed by atoms with Gasteiger partial charge in [-0.15, -0.1) is 6.58 Å². The van der Waals surface area contributed by atoms with Crippen molar-refractivity contribution in [2.45, 2.75) is 85.1 Å². The maximum absolute atomic E-state index is 3.77. The fourth-order valence-corrected chi connectivity index (χ4v) is 2.33. The zero-order chi connectivity index (χ0) is 13.9. The first-order chi connectivity index (χ1) is 8.52. The van der Waals surface area contributed by atoms with Gasteiger partial charge in [0.2, 0.25) is 0 Å². The molecule has 1 atom stereocenters. The van der Waals surface area contributed by atoms with Crippen LogP contribution in [0.4, 0.5) is 0 Å². The lowest BCUT2D eigenvalue weighted by Crippen LogP contribution is -2.40. The summed E-state index contributed by atoms with van der Waals surface area (Å²) >= 11 is 0. The molecule has 18 heavy (non-hydrogen) atoms. The molecule has 0 aliphatic rings. The van der Waals surface area contributed by atoms with Crippen LogP contribution in [0.25, 0.3) is 0 Å². The molecule has 0 saturated carbocycles. The molecule has 0 bridgehead atoms. The normalized spacial score (nSPS) is 13.6. The third kappa shape index (κ3) is 9.70. The minimum atomic E-state index is 0.387. The van der Waals surface area contributed by atoms with Gasteiger partial charge in [-0.3, -0.25) is 0 Å². The first kappa shape index (κ1) is 17.7. The monoisotopic (exact) mass is 253 g/mol. The molecule has 0 rings (SSSR count). The van der Waals surface area contributed by atoms with Crippen molar-refractivity contribution < 1.29 is 0 Å². The van der Waals surface area contributed by atoms with Crippen LogP contribution in [0.5, 0.6) is 0 Å². The lowest BCUT2D eigenvalue weighted by atomic mass is 9.83. The van der Waals surface area contributed by atoms with Gasteiger partial charge in [-0.05, 0) is 37.6 Å². The summed E-state index contributed by atoms with van der Waals surface area (Å²) in [6, 6.07) is 0.672. The second-order valence-corrected chi connectivity index (χ2v) is 6.51. The Hall–Kier alpha value is -0.300. The Morgan fingerprint density at radius 3 is 2.22 bits per heavy atom. The van der Waals surface area contributed by atoms with Crippen LogP contribution in [0.2, 0.25) is 0 Å². The molecule has 0 aliphatic carbocycles. The predicted molar refractivity (Wildman–Crippen MR) is 84.1 cm³/mol. The van der Waals surface area contributed by atoms with Gasteiger partial charge in [-0.25, -0.2) is 0 Å². The second-order valence-electron chi connectivity index (χ2n) is 6.51. The highest BCUT2D eigenvalue weighted by atomic mass is 14.9. The Morgan fingerprint density at radius 2 is 1.67 bits per heavy atom. The average Bonchev–Trinajstić information content (AvgIpc) is 2.30. The molecule has 1 heteroatoms. The van der Waals surface area contributed by atoms with Gasteiger partial charge >= 0.3 is 0 Å². The van der Waals surface area contributed by atoms with Crippen molar-refractivity contribution in [2.24, 2.45) is 5.41 Å². The molecule has 0 heterocycles. The van der Waals surface area contributed by atoms with Gasteiger partial charge in [0.25, 0.3) is 0 Å². The summed E-state index contributed by atoms with van der Waals surface area (Å²) in [4.78, 5) is 0. The molecule has 0 spiro atoms. The summed E-state index contributed by atoms with van der Waals surface area (Å²) in [6.45, 7) is 14.2. The average molecular weight is 253 g/mol. The van der Waals surface area contributed by atoms with Gasteiger partial charge in [-0.2, -0.15) is 0 Å². The largest absolute Gasteiger partial charge is 0.313 e. The van der Waals surface area contributed by atoms with Gasteiger partial charge in [-0.1, -0.05) is 59.5 Å². The van der Waals surface area contributed by atoms with E-state index < -0.39 is 0 Å². The minimum absolute atomic E-state index is 0.387. The van der Waals surface area contributed by atoms with Crippen molar-refractivity contribution in [2.75, 3.05) is 6.54 Å². The van der Waals surface area contributed by atoms with E-state index in [1.807, 2.05) is 6.08 Å². The molecule has 0 amide bonds. The Balaban J connectivity index is 3.66. The van der Waals surface area contributed by atoms with Crippen LogP contribution in [-0.4, -0.2) is 12.6 Å². The SMILES string of the molecule is C=CCCCCCCCC(NCCC)C(C)(C)C. The molecule has 108 valence electrons. The molecule has 0 aromatic carbocycles. The van der Waals surface area contributed by atoms with E-state index in [2.05, 4.69) is 39.6 Å². The molecule has 0 aromatic rings. The fraction of sp³-hybridized carbons (Fsp3) is 0.882. The van der Waals surface area contributed by atoms with Crippen molar-refractivity contribution in [3.8, 4) is 0 Å². The van der Waals surface area contributed by atoms with Crippen LogP contribution >= 0.6 is 0 Å². The highest BCUT2D eigenvalue weighted by molar-refractivity contribution is 4.80. The van der Waals surface area contributed by atoms with Gasteiger partial charge in [0.15, 0.2) is 0 Å². The van der Waals surface area contributed by atoms with Gasteiger partial charge in [0.1, 0.15) is 0 Å². The van der Waals surface area contributed by atoms with Crippen LogP contribution in [0.15, 0.2) is 12.7 Å². The molecule has 0 radical (unpaired) electrons. The van der Waals surface area contributed by atoms with Crippen molar-refractivity contribution in [1.82, 2.24) is 5.32 Å². The van der Waals surface area contributed by atoms with Gasteiger partial charge < -0.3 is 5.32 Å². The smallest absolute Gasteiger partial charge is 0.0116 e. The Morgan fingerprint density at radius 1 is 1.06 bits per heavy atom. The molecular formula is C17H35N. The van der Waals surface area contributed by atoms with E-state index in [1.165, 1.54) is 51.4 Å². The van der Waals surface area contributed by atoms with Gasteiger partial charge in [0, 0.05) is 6.04 Å². The summed E-state index contributed by atoms with van der Waals surface area (Å²) in [5.74, 6) is 0. The Labute approximate surface area is 115 Å². The van der Waals surface area contributed by atoms with Crippen LogP contribution in [-0.2, 0) is 0 Å². The van der Waals surface area contributed by atoms with Crippen molar-refractivity contribution in [3.05, 3.63) is 12.7 Å². The van der Waals surface area contributed by atoms with E-state index >= 15 is 0 Å². The van der Waals surface area contributed by atoms with E-state index in [9.17, 15) is 0 Å². The lowest BCUT2D eigenvalue weighted by Gasteiger charge is -2.32. The molecular weight excluding hydrogens is 218 g/mol. The highest BCUT2D eigenvalue weighted by Gasteiger charge is 2.22. The maximum Gasteiger partial charge on any atom is 0.0116 e. The molecule has 0 saturated heterocycles. The van der Waals surface area contributed by atoms with Gasteiger partial charge in [0.05, 0.1) is 0 Å². The third-order valence-corrected chi connectivity index (χ3v) is 3.59. The second kappa shape index (κ2) is 10.6. The molecule has 0 aliphatic heterocycles. The molecule has 0 fully saturated rings. The summed E-state index contributed by atoms with van der Waals surface area (Å²) in [5.41, 5.74) is 0.387. The number of rotatable bonds is 11. The zero-order valence-corrected chi connectivity index (χ0v) is 13.2. The van der Waals surface area contributed by atoms with Crippen LogP contribution < -0.4 is 5.32 Å². The molecule has 0 aromatic heterocycles. The number of hydrogen-bond donors (Lipinski definition) is 1. The Kier molecular flexibility index (Phi) is 10.4. The topological polar surface area (TPSA) is 12.0 Å². The fourth-order valence-electron chi connectivity index (χ4n) is 2.33. The zero-order valence-electron chi connectivity index (χ0n) is 13.2. The summed E-state index contributed by atoms with van der Waals surface area (Å²) in [6.07, 6.45) is 12.6. The van der Waals surface area contributed by atoms with Crippen molar-refractivity contribution >= 4 is 0 Å². The van der Waals surface area contributed by atoms with E-state index in [-0.39, 0.29) is 0 Å². The van der Waals surface area contributed by atoms with Crippen LogP contribution in [0.3, 0.4) is 0 Å². The van der Waals surface area contributed by atoms with Crippen LogP contribution in [0.1, 0.15) is 79.1 Å². The number of nitrogens with one attached hydrogen (secondary N) is 1. The first-order valence-electron chi connectivity index (χ1n) is 7.86. The lowest BCUT2D eigenvalue weighted by molar-refractivity contribution is 0.249. The Bertz CT molecular complexity index is 190. The highest BCUT2D eigenvalue weighted by Crippen LogP contribution is 2.24.